The Hall–Kier alpha value is -3.62. The molecule has 0 bridgehead atoms. The molecule has 0 radical (unpaired) electrons. The number of rotatable bonds is 5. The van der Waals surface area contributed by atoms with Gasteiger partial charge in [0.05, 0.1) is 25.6 Å². The lowest BCUT2D eigenvalue weighted by Crippen LogP contribution is -2.45. The summed E-state index contributed by atoms with van der Waals surface area (Å²) in [6.45, 7) is 0.299. The molecule has 2 heterocycles. The fraction of sp³-hybridized carbons (Fsp3) is 0.176. The van der Waals surface area contributed by atoms with Crippen LogP contribution in [0.3, 0.4) is 0 Å². The average molecular weight is 356 g/mol. The van der Waals surface area contributed by atoms with E-state index in [-0.39, 0.29) is 13.1 Å². The Labute approximate surface area is 148 Å². The number of benzene rings is 1. The number of hydrogen-bond acceptors (Lipinski definition) is 5. The highest BCUT2D eigenvalue weighted by atomic mass is 16.4. The van der Waals surface area contributed by atoms with Gasteiger partial charge in [0.25, 0.3) is 0 Å². The molecule has 1 saturated heterocycles. The monoisotopic (exact) mass is 356 g/mol. The van der Waals surface area contributed by atoms with Crippen LogP contribution >= 0.6 is 0 Å². The van der Waals surface area contributed by atoms with Crippen LogP contribution in [0.25, 0.3) is 0 Å². The summed E-state index contributed by atoms with van der Waals surface area (Å²) in [6, 6.07) is 8.93. The lowest BCUT2D eigenvalue weighted by Gasteiger charge is -2.19. The number of aliphatic carboxylic acids is 1. The molecule has 26 heavy (non-hydrogen) atoms. The lowest BCUT2D eigenvalue weighted by atomic mass is 10.1. The number of furan rings is 1. The largest absolute Gasteiger partial charge is 0.479 e. The third-order valence-electron chi connectivity index (χ3n) is 3.75. The zero-order valence-corrected chi connectivity index (χ0v) is 13.6. The van der Waals surface area contributed by atoms with Crippen molar-refractivity contribution in [2.24, 2.45) is 5.10 Å². The maximum Gasteiger partial charge on any atom is 0.348 e. The Balaban J connectivity index is 1.66. The van der Waals surface area contributed by atoms with Crippen molar-refractivity contribution in [2.75, 3.05) is 13.1 Å². The first-order valence-corrected chi connectivity index (χ1v) is 7.81. The maximum absolute atomic E-state index is 12.4. The molecule has 9 nitrogen and oxygen atoms in total. The average Bonchev–Trinajstić information content (AvgIpc) is 3.28. The van der Waals surface area contributed by atoms with Crippen molar-refractivity contribution < 1.29 is 23.9 Å². The van der Waals surface area contributed by atoms with Gasteiger partial charge in [-0.05, 0) is 17.7 Å². The minimum atomic E-state index is -1.25. The normalized spacial score (nSPS) is 15.5. The van der Waals surface area contributed by atoms with E-state index >= 15 is 0 Å². The van der Waals surface area contributed by atoms with Gasteiger partial charge in [0.15, 0.2) is 6.04 Å². The van der Waals surface area contributed by atoms with Crippen LogP contribution in [0.4, 0.5) is 9.59 Å². The molecule has 0 spiro atoms. The van der Waals surface area contributed by atoms with Gasteiger partial charge in [0, 0.05) is 0 Å². The molecule has 1 atom stereocenters. The minimum absolute atomic E-state index is 0.0985. The Morgan fingerprint density at radius 3 is 2.62 bits per heavy atom. The Morgan fingerprint density at radius 2 is 1.96 bits per heavy atom. The summed E-state index contributed by atoms with van der Waals surface area (Å²) in [5.41, 5.74) is 0.410. The summed E-state index contributed by atoms with van der Waals surface area (Å²) >= 11 is 0. The smallest absolute Gasteiger partial charge is 0.348 e. The number of nitrogens with zero attached hydrogens (tertiary/aromatic N) is 3. The minimum Gasteiger partial charge on any atom is -0.479 e. The molecule has 2 aromatic rings. The number of carbonyl (C=O) groups is 3. The first-order chi connectivity index (χ1) is 12.6. The first-order valence-electron chi connectivity index (χ1n) is 7.81. The second-order valence-electron chi connectivity index (χ2n) is 5.45. The number of imide groups is 1. The first kappa shape index (κ1) is 17.2. The van der Waals surface area contributed by atoms with E-state index in [2.05, 4.69) is 10.4 Å². The summed E-state index contributed by atoms with van der Waals surface area (Å²) in [7, 11) is 0. The van der Waals surface area contributed by atoms with Crippen LogP contribution in [-0.2, 0) is 4.79 Å². The highest BCUT2D eigenvalue weighted by Gasteiger charge is 2.35. The van der Waals surface area contributed by atoms with Crippen molar-refractivity contribution in [3.05, 3.63) is 60.1 Å². The maximum atomic E-state index is 12.4. The molecule has 0 saturated carbocycles. The van der Waals surface area contributed by atoms with E-state index in [0.717, 1.165) is 9.91 Å². The van der Waals surface area contributed by atoms with Crippen molar-refractivity contribution in [1.29, 1.82) is 0 Å². The van der Waals surface area contributed by atoms with Crippen LogP contribution in [0.15, 0.2) is 58.2 Å². The van der Waals surface area contributed by atoms with Crippen LogP contribution in [0.1, 0.15) is 17.4 Å². The van der Waals surface area contributed by atoms with Crippen molar-refractivity contribution >= 4 is 24.2 Å². The Bertz CT molecular complexity index is 819. The molecule has 1 unspecified atom stereocenters. The quantitative estimate of drug-likeness (QED) is 0.794. The number of carboxylic acid groups (broad SMARTS) is 1. The van der Waals surface area contributed by atoms with Gasteiger partial charge < -0.3 is 14.8 Å². The Kier molecular flexibility index (Phi) is 4.97. The van der Waals surface area contributed by atoms with Gasteiger partial charge in [-0.1, -0.05) is 30.3 Å². The number of hydrogen-bond donors (Lipinski definition) is 2. The fourth-order valence-electron chi connectivity index (χ4n) is 2.45. The van der Waals surface area contributed by atoms with Gasteiger partial charge in [-0.15, -0.1) is 0 Å². The van der Waals surface area contributed by atoms with Crippen molar-refractivity contribution in [1.82, 2.24) is 15.2 Å². The van der Waals surface area contributed by atoms with Gasteiger partial charge in [0.2, 0.25) is 0 Å². The van der Waals surface area contributed by atoms with Gasteiger partial charge in [-0.2, -0.15) is 5.10 Å². The standard InChI is InChI=1S/C17H16N4O5/c22-15(23)14(12-5-2-1-3-6-12)19-16(24)20-8-9-21(17(20)25)18-11-13-7-4-10-26-13/h1-7,10-11,14H,8-9H2,(H,19,24)(H,22,23)/b18-11+. The van der Waals surface area contributed by atoms with Crippen molar-refractivity contribution in [2.45, 2.75) is 6.04 Å². The highest BCUT2D eigenvalue weighted by Crippen LogP contribution is 2.15. The molecule has 2 N–H and O–H groups in total. The summed E-state index contributed by atoms with van der Waals surface area (Å²) < 4.78 is 5.09. The molecular formula is C17H16N4O5. The predicted octanol–water partition coefficient (Wildman–Crippen LogP) is 1.89. The van der Waals surface area contributed by atoms with Crippen LogP contribution in [0.2, 0.25) is 0 Å². The number of carbonyl (C=O) groups excluding carboxylic acids is 2. The van der Waals surface area contributed by atoms with Crippen LogP contribution in [0.5, 0.6) is 0 Å². The van der Waals surface area contributed by atoms with E-state index in [9.17, 15) is 19.5 Å². The second kappa shape index (κ2) is 7.51. The number of hydrazone groups is 1. The van der Waals surface area contributed by atoms with Gasteiger partial charge in [-0.25, -0.2) is 24.3 Å². The molecular weight excluding hydrogens is 340 g/mol. The van der Waals surface area contributed by atoms with E-state index in [4.69, 9.17) is 4.42 Å². The fourth-order valence-corrected chi connectivity index (χ4v) is 2.45. The summed E-state index contributed by atoms with van der Waals surface area (Å²) in [4.78, 5) is 37.0. The van der Waals surface area contributed by atoms with Crippen LogP contribution in [0, 0.1) is 0 Å². The number of carboxylic acids is 1. The zero-order chi connectivity index (χ0) is 18.5. The SMILES string of the molecule is O=C(O)C(NC(=O)N1CCN(/N=C/c2ccco2)C1=O)c1ccccc1. The van der Waals surface area contributed by atoms with E-state index in [1.54, 1.807) is 42.5 Å². The molecule has 1 aliphatic heterocycles. The molecule has 134 valence electrons. The number of nitrogens with one attached hydrogen (secondary N) is 1. The van der Waals surface area contributed by atoms with Crippen LogP contribution in [-0.4, -0.2) is 52.4 Å². The number of urea groups is 2. The van der Waals surface area contributed by atoms with Gasteiger partial charge >= 0.3 is 18.0 Å². The molecule has 4 amide bonds. The van der Waals surface area contributed by atoms with Crippen molar-refractivity contribution in [3.63, 3.8) is 0 Å². The highest BCUT2D eigenvalue weighted by molar-refractivity contribution is 5.96. The van der Waals surface area contributed by atoms with E-state index in [1.807, 2.05) is 0 Å². The van der Waals surface area contributed by atoms with Crippen molar-refractivity contribution in [3.8, 4) is 0 Å². The third-order valence-corrected chi connectivity index (χ3v) is 3.75. The second-order valence-corrected chi connectivity index (χ2v) is 5.45. The van der Waals surface area contributed by atoms with E-state index in [1.165, 1.54) is 12.5 Å². The van der Waals surface area contributed by atoms with Gasteiger partial charge in [0.1, 0.15) is 5.76 Å². The molecule has 1 aromatic carbocycles. The zero-order valence-electron chi connectivity index (χ0n) is 13.6. The van der Waals surface area contributed by atoms with E-state index in [0.29, 0.717) is 11.3 Å². The van der Waals surface area contributed by atoms with Gasteiger partial charge in [-0.3, -0.25) is 0 Å². The molecule has 3 rings (SSSR count). The third kappa shape index (κ3) is 3.72. The summed E-state index contributed by atoms with van der Waals surface area (Å²) in [5, 5.41) is 16.8. The summed E-state index contributed by atoms with van der Waals surface area (Å²) in [5.74, 6) is -0.750. The Morgan fingerprint density at radius 1 is 1.19 bits per heavy atom. The topological polar surface area (TPSA) is 115 Å². The summed E-state index contributed by atoms with van der Waals surface area (Å²) in [6.07, 6.45) is 2.84. The molecule has 0 aliphatic carbocycles. The lowest BCUT2D eigenvalue weighted by molar-refractivity contribution is -0.139. The number of amides is 4. The molecule has 1 aromatic heterocycles. The molecule has 1 aliphatic rings. The van der Waals surface area contributed by atoms with E-state index < -0.39 is 24.1 Å². The molecule has 9 heteroatoms. The molecule has 1 fully saturated rings. The van der Waals surface area contributed by atoms with Crippen LogP contribution < -0.4 is 5.32 Å². The predicted molar refractivity (Wildman–Crippen MR) is 90.5 cm³/mol.